The van der Waals surface area contributed by atoms with Crippen LogP contribution in [0.1, 0.15) is 6.92 Å². The summed E-state index contributed by atoms with van der Waals surface area (Å²) in [4.78, 5) is 0. The summed E-state index contributed by atoms with van der Waals surface area (Å²) in [5.74, 6) is 3.62. The van der Waals surface area contributed by atoms with Crippen LogP contribution in [0.3, 0.4) is 0 Å². The Kier molecular flexibility index (Phi) is 3.02. The minimum Gasteiger partial charge on any atom is -0.368 e. The first-order valence-electron chi connectivity index (χ1n) is 3.49. The molecule has 1 aliphatic rings. The minimum atomic E-state index is 0.106. The van der Waals surface area contributed by atoms with E-state index in [9.17, 15) is 0 Å². The molecule has 0 aliphatic heterocycles. The minimum absolute atomic E-state index is 0.106. The number of halogens is 2. The van der Waals surface area contributed by atoms with Crippen molar-refractivity contribution < 1.29 is 4.74 Å². The van der Waals surface area contributed by atoms with Crippen molar-refractivity contribution in [2.75, 3.05) is 13.2 Å². The maximum absolute atomic E-state index is 5.22. The molecular formula is C8H10Br2O. The smallest absolute Gasteiger partial charge is 0.107 e. The first kappa shape index (κ1) is 9.57. The number of hydrogen-bond acceptors (Lipinski definition) is 1. The Morgan fingerprint density at radius 2 is 2.18 bits per heavy atom. The Labute approximate surface area is 84.1 Å². The van der Waals surface area contributed by atoms with Crippen LogP contribution >= 0.6 is 31.9 Å². The van der Waals surface area contributed by atoms with Crippen LogP contribution in [-0.2, 0) is 4.74 Å². The highest BCUT2D eigenvalue weighted by Gasteiger charge is 2.58. The van der Waals surface area contributed by atoms with Crippen molar-refractivity contribution >= 4 is 31.9 Å². The third-order valence-electron chi connectivity index (χ3n) is 2.08. The number of hydrogen-bond donors (Lipinski definition) is 0. The molecule has 1 nitrogen and oxygen atoms in total. The quantitative estimate of drug-likeness (QED) is 0.439. The number of terminal acetylenes is 1. The maximum atomic E-state index is 5.22. The molecule has 0 radical (unpaired) electrons. The Bertz CT molecular complexity index is 183. The van der Waals surface area contributed by atoms with Crippen LogP contribution in [0.15, 0.2) is 0 Å². The molecule has 0 aromatic rings. The second-order valence-corrected chi connectivity index (χ2v) is 6.48. The van der Waals surface area contributed by atoms with Gasteiger partial charge in [0.25, 0.3) is 0 Å². The van der Waals surface area contributed by atoms with Crippen LogP contribution in [0.25, 0.3) is 0 Å². The van der Waals surface area contributed by atoms with Gasteiger partial charge in [-0.2, -0.15) is 0 Å². The largest absolute Gasteiger partial charge is 0.368 e. The summed E-state index contributed by atoms with van der Waals surface area (Å²) in [6.45, 7) is 3.33. The van der Waals surface area contributed by atoms with Gasteiger partial charge >= 0.3 is 0 Å². The van der Waals surface area contributed by atoms with Crippen LogP contribution in [-0.4, -0.2) is 16.4 Å². The molecular weight excluding hydrogens is 272 g/mol. The highest BCUT2D eigenvalue weighted by Crippen LogP contribution is 2.61. The van der Waals surface area contributed by atoms with Crippen molar-refractivity contribution in [2.45, 2.75) is 10.2 Å². The van der Waals surface area contributed by atoms with Crippen molar-refractivity contribution in [2.24, 2.45) is 11.8 Å². The lowest BCUT2D eigenvalue weighted by molar-refractivity contribution is 0.152. The number of ether oxygens (including phenoxy) is 1. The summed E-state index contributed by atoms with van der Waals surface area (Å²) in [6.07, 6.45) is 5.04. The number of alkyl halides is 2. The predicted octanol–water partition coefficient (Wildman–Crippen LogP) is 2.39. The van der Waals surface area contributed by atoms with Gasteiger partial charge in [-0.15, -0.1) is 6.42 Å². The van der Waals surface area contributed by atoms with E-state index in [2.05, 4.69) is 44.7 Å². The van der Waals surface area contributed by atoms with Crippen LogP contribution < -0.4 is 0 Å². The second kappa shape index (κ2) is 3.47. The van der Waals surface area contributed by atoms with E-state index in [-0.39, 0.29) is 3.23 Å². The van der Waals surface area contributed by atoms with Gasteiger partial charge in [-0.1, -0.05) is 44.7 Å². The van der Waals surface area contributed by atoms with Gasteiger partial charge in [0.1, 0.15) is 6.61 Å². The van der Waals surface area contributed by atoms with E-state index in [1.807, 2.05) is 0 Å². The lowest BCUT2D eigenvalue weighted by atomic mass is 10.4. The fourth-order valence-corrected chi connectivity index (χ4v) is 2.49. The first-order valence-corrected chi connectivity index (χ1v) is 5.08. The molecule has 11 heavy (non-hydrogen) atoms. The van der Waals surface area contributed by atoms with E-state index in [0.29, 0.717) is 18.4 Å². The van der Waals surface area contributed by atoms with Gasteiger partial charge in [0.05, 0.1) is 9.84 Å². The zero-order valence-corrected chi connectivity index (χ0v) is 9.48. The molecule has 3 heteroatoms. The SMILES string of the molecule is C#CCOCC1C(C)C1(Br)Br. The first-order chi connectivity index (χ1) is 5.10. The summed E-state index contributed by atoms with van der Waals surface area (Å²) in [5.41, 5.74) is 0. The third kappa shape index (κ3) is 1.99. The Balaban J connectivity index is 2.18. The number of rotatable bonds is 3. The van der Waals surface area contributed by atoms with Crippen LogP contribution in [0.5, 0.6) is 0 Å². The van der Waals surface area contributed by atoms with Gasteiger partial charge in [0, 0.05) is 5.92 Å². The molecule has 0 saturated heterocycles. The van der Waals surface area contributed by atoms with E-state index in [1.54, 1.807) is 0 Å². The monoisotopic (exact) mass is 280 g/mol. The van der Waals surface area contributed by atoms with Crippen LogP contribution in [0.4, 0.5) is 0 Å². The van der Waals surface area contributed by atoms with Gasteiger partial charge < -0.3 is 4.74 Å². The molecule has 0 bridgehead atoms. The van der Waals surface area contributed by atoms with Crippen LogP contribution in [0.2, 0.25) is 0 Å². The standard InChI is InChI=1S/C8H10Br2O/c1-3-4-11-5-7-6(2)8(7,9)10/h1,6-7H,4-5H2,2H3. The summed E-state index contributed by atoms with van der Waals surface area (Å²) in [7, 11) is 0. The molecule has 1 fully saturated rings. The molecule has 2 unspecified atom stereocenters. The van der Waals surface area contributed by atoms with Gasteiger partial charge in [0.15, 0.2) is 0 Å². The Hall–Kier alpha value is 0.480. The van der Waals surface area contributed by atoms with Gasteiger partial charge in [-0.25, -0.2) is 0 Å². The third-order valence-corrected chi connectivity index (χ3v) is 4.70. The fourth-order valence-electron chi connectivity index (χ4n) is 1.06. The predicted molar refractivity (Wildman–Crippen MR) is 52.9 cm³/mol. The van der Waals surface area contributed by atoms with Gasteiger partial charge in [-0.05, 0) is 5.92 Å². The van der Waals surface area contributed by atoms with Crippen molar-refractivity contribution in [3.05, 3.63) is 0 Å². The maximum Gasteiger partial charge on any atom is 0.107 e. The van der Waals surface area contributed by atoms with E-state index in [0.717, 1.165) is 6.61 Å². The average molecular weight is 282 g/mol. The van der Waals surface area contributed by atoms with E-state index >= 15 is 0 Å². The molecule has 62 valence electrons. The van der Waals surface area contributed by atoms with Gasteiger partial charge in [0.2, 0.25) is 0 Å². The Morgan fingerprint density at radius 3 is 2.55 bits per heavy atom. The highest BCUT2D eigenvalue weighted by atomic mass is 79.9. The molecule has 0 N–H and O–H groups in total. The van der Waals surface area contributed by atoms with Crippen molar-refractivity contribution in [3.8, 4) is 12.3 Å². The Morgan fingerprint density at radius 1 is 1.64 bits per heavy atom. The van der Waals surface area contributed by atoms with E-state index in [4.69, 9.17) is 11.2 Å². The highest BCUT2D eigenvalue weighted by molar-refractivity contribution is 9.25. The molecule has 0 spiro atoms. The zero-order valence-electron chi connectivity index (χ0n) is 6.31. The molecule has 1 saturated carbocycles. The van der Waals surface area contributed by atoms with Crippen molar-refractivity contribution in [3.63, 3.8) is 0 Å². The molecule has 0 aromatic carbocycles. The average Bonchev–Trinajstić information content (AvgIpc) is 2.39. The molecule has 1 aliphatic carbocycles. The summed E-state index contributed by atoms with van der Waals surface area (Å²) >= 11 is 7.11. The van der Waals surface area contributed by atoms with Crippen LogP contribution in [0, 0.1) is 24.2 Å². The molecule has 1 rings (SSSR count). The zero-order chi connectivity index (χ0) is 8.48. The summed E-state index contributed by atoms with van der Waals surface area (Å²) < 4.78 is 5.32. The lowest BCUT2D eigenvalue weighted by Crippen LogP contribution is -2.00. The van der Waals surface area contributed by atoms with Gasteiger partial charge in [-0.3, -0.25) is 0 Å². The summed E-state index contributed by atoms with van der Waals surface area (Å²) in [5, 5.41) is 0. The van der Waals surface area contributed by atoms with Crippen molar-refractivity contribution in [1.82, 2.24) is 0 Å². The molecule has 2 atom stereocenters. The topological polar surface area (TPSA) is 9.23 Å². The normalized spacial score (nSPS) is 32.9. The summed E-state index contributed by atoms with van der Waals surface area (Å²) in [6, 6.07) is 0. The van der Waals surface area contributed by atoms with E-state index in [1.165, 1.54) is 0 Å². The molecule has 0 aromatic heterocycles. The molecule has 0 heterocycles. The lowest BCUT2D eigenvalue weighted by Gasteiger charge is -1.98. The fraction of sp³-hybridized carbons (Fsp3) is 0.750. The van der Waals surface area contributed by atoms with Crippen molar-refractivity contribution in [1.29, 1.82) is 0 Å². The van der Waals surface area contributed by atoms with E-state index < -0.39 is 0 Å². The molecule has 0 amide bonds. The second-order valence-electron chi connectivity index (χ2n) is 2.79.